The maximum absolute atomic E-state index is 12.7. The summed E-state index contributed by atoms with van der Waals surface area (Å²) in [7, 11) is 0. The van der Waals surface area contributed by atoms with Crippen LogP contribution in [0, 0.1) is 0 Å². The fourth-order valence-electron chi connectivity index (χ4n) is 3.42. The average Bonchev–Trinajstić information content (AvgIpc) is 3.18. The van der Waals surface area contributed by atoms with E-state index in [1.54, 1.807) is 41.2 Å². The van der Waals surface area contributed by atoms with E-state index in [1.807, 2.05) is 12.1 Å². The van der Waals surface area contributed by atoms with Gasteiger partial charge in [0.2, 0.25) is 0 Å². The highest BCUT2D eigenvalue weighted by Gasteiger charge is 2.26. The van der Waals surface area contributed by atoms with E-state index in [2.05, 4.69) is 36.3 Å². The summed E-state index contributed by atoms with van der Waals surface area (Å²) in [5.74, 6) is 0.797. The minimum Gasteiger partial charge on any atom is -0.465 e. The largest absolute Gasteiger partial charge is 0.465 e. The van der Waals surface area contributed by atoms with Crippen molar-refractivity contribution in [3.05, 3.63) is 64.7 Å². The molecular formula is C20H19BrN6O3. The van der Waals surface area contributed by atoms with Crippen LogP contribution in [0.25, 0.3) is 5.82 Å². The van der Waals surface area contributed by atoms with Crippen LogP contribution in [-0.4, -0.2) is 54.8 Å². The zero-order valence-corrected chi connectivity index (χ0v) is 17.5. The zero-order chi connectivity index (χ0) is 21.1. The molecule has 2 amide bonds. The van der Waals surface area contributed by atoms with Crippen molar-refractivity contribution >= 4 is 33.7 Å². The maximum Gasteiger partial charge on any atom is 0.407 e. The molecule has 1 saturated heterocycles. The van der Waals surface area contributed by atoms with Gasteiger partial charge in [-0.15, -0.1) is 0 Å². The number of rotatable bonds is 4. The van der Waals surface area contributed by atoms with Crippen molar-refractivity contribution in [2.45, 2.75) is 18.8 Å². The number of nitrogens with one attached hydrogen (secondary N) is 1. The predicted molar refractivity (Wildman–Crippen MR) is 113 cm³/mol. The first-order valence-electron chi connectivity index (χ1n) is 9.44. The summed E-state index contributed by atoms with van der Waals surface area (Å²) in [6.45, 7) is 0.917. The summed E-state index contributed by atoms with van der Waals surface area (Å²) >= 11 is 3.27. The van der Waals surface area contributed by atoms with Gasteiger partial charge in [-0.25, -0.2) is 14.8 Å². The third kappa shape index (κ3) is 4.33. The lowest BCUT2D eigenvalue weighted by molar-refractivity contribution is 0.102. The first-order chi connectivity index (χ1) is 14.5. The fraction of sp³-hybridized carbons (Fsp3) is 0.250. The van der Waals surface area contributed by atoms with Crippen molar-refractivity contribution in [3.8, 4) is 5.82 Å². The highest BCUT2D eigenvalue weighted by Crippen LogP contribution is 2.30. The summed E-state index contributed by atoms with van der Waals surface area (Å²) in [4.78, 5) is 33.8. The molecule has 0 unspecified atom stereocenters. The molecular weight excluding hydrogens is 452 g/mol. The van der Waals surface area contributed by atoms with Gasteiger partial charge in [-0.2, -0.15) is 9.78 Å². The number of anilines is 1. The number of halogens is 1. The van der Waals surface area contributed by atoms with E-state index < -0.39 is 6.09 Å². The highest BCUT2D eigenvalue weighted by molar-refractivity contribution is 9.10. The molecule has 2 N–H and O–H groups in total. The smallest absolute Gasteiger partial charge is 0.407 e. The second-order valence-electron chi connectivity index (χ2n) is 6.90. The van der Waals surface area contributed by atoms with Crippen LogP contribution in [-0.2, 0) is 0 Å². The minimum atomic E-state index is -0.901. The number of aromatic nitrogens is 4. The first-order valence-corrected chi connectivity index (χ1v) is 10.2. The molecule has 9 nitrogen and oxygen atoms in total. The lowest BCUT2D eigenvalue weighted by atomic mass is 9.94. The number of carboxylic acid groups (broad SMARTS) is 1. The summed E-state index contributed by atoms with van der Waals surface area (Å²) in [6, 6.07) is 12.4. The molecule has 10 heteroatoms. The van der Waals surface area contributed by atoms with Crippen molar-refractivity contribution in [2.75, 3.05) is 18.4 Å². The Morgan fingerprint density at radius 1 is 1.13 bits per heavy atom. The maximum atomic E-state index is 12.7. The van der Waals surface area contributed by atoms with Gasteiger partial charge in [0.25, 0.3) is 5.91 Å². The van der Waals surface area contributed by atoms with Crippen LogP contribution in [0.15, 0.2) is 53.3 Å². The van der Waals surface area contributed by atoms with Crippen LogP contribution >= 0.6 is 15.9 Å². The molecule has 1 fully saturated rings. The molecule has 3 aromatic rings. The van der Waals surface area contributed by atoms with Gasteiger partial charge >= 0.3 is 6.09 Å². The Bertz CT molecular complexity index is 1060. The number of carbonyl (C=O) groups excluding carboxylic acids is 1. The Kier molecular flexibility index (Phi) is 5.75. The number of nitrogens with zero attached hydrogens (tertiary/aromatic N) is 5. The molecule has 1 aliphatic heterocycles. The standard InChI is InChI=1S/C20H19BrN6O3/c21-16-5-3-4-14(23-16)19(28)24-18-12-15(13-7-10-26(11-8-13)20(29)30)25-27(18)17-6-1-2-9-22-17/h1-6,9,12-13H,7-8,10-11H2,(H,24,28)(H,29,30). The molecule has 3 aromatic heterocycles. The molecule has 0 aliphatic carbocycles. The van der Waals surface area contributed by atoms with Crippen LogP contribution in [0.2, 0.25) is 0 Å². The summed E-state index contributed by atoms with van der Waals surface area (Å²) in [6.07, 6.45) is 2.10. The van der Waals surface area contributed by atoms with Crippen LogP contribution in [0.1, 0.15) is 34.9 Å². The van der Waals surface area contributed by atoms with Crippen LogP contribution < -0.4 is 5.32 Å². The summed E-state index contributed by atoms with van der Waals surface area (Å²) < 4.78 is 2.16. The number of pyridine rings is 2. The Morgan fingerprint density at radius 3 is 2.60 bits per heavy atom. The van der Waals surface area contributed by atoms with E-state index >= 15 is 0 Å². The van der Waals surface area contributed by atoms with Gasteiger partial charge in [0.05, 0.1) is 5.69 Å². The Balaban J connectivity index is 1.62. The van der Waals surface area contributed by atoms with E-state index in [9.17, 15) is 9.59 Å². The monoisotopic (exact) mass is 470 g/mol. The predicted octanol–water partition coefficient (Wildman–Crippen LogP) is 3.53. The highest BCUT2D eigenvalue weighted by atomic mass is 79.9. The summed E-state index contributed by atoms with van der Waals surface area (Å²) in [5, 5.41) is 16.7. The van der Waals surface area contributed by atoms with Gasteiger partial charge in [0.1, 0.15) is 16.1 Å². The lowest BCUT2D eigenvalue weighted by Gasteiger charge is -2.28. The number of amides is 2. The number of hydrogen-bond acceptors (Lipinski definition) is 5. The molecule has 4 rings (SSSR count). The topological polar surface area (TPSA) is 113 Å². The third-order valence-corrected chi connectivity index (χ3v) is 5.41. The Morgan fingerprint density at radius 2 is 1.93 bits per heavy atom. The SMILES string of the molecule is O=C(Nc1cc(C2CCN(C(=O)O)CC2)nn1-c1ccccn1)c1cccc(Br)n1. The van der Waals surface area contributed by atoms with Crippen molar-refractivity contribution in [3.63, 3.8) is 0 Å². The van der Waals surface area contributed by atoms with Gasteiger partial charge in [0, 0.05) is 31.3 Å². The van der Waals surface area contributed by atoms with Gasteiger partial charge in [-0.3, -0.25) is 4.79 Å². The molecule has 1 aliphatic rings. The Labute approximate surface area is 180 Å². The van der Waals surface area contributed by atoms with Gasteiger partial charge < -0.3 is 15.3 Å². The number of likely N-dealkylation sites (tertiary alicyclic amines) is 1. The van der Waals surface area contributed by atoms with Crippen LogP contribution in [0.4, 0.5) is 10.6 Å². The second kappa shape index (κ2) is 8.62. The fourth-order valence-corrected chi connectivity index (χ4v) is 3.77. The van der Waals surface area contributed by atoms with E-state index in [4.69, 9.17) is 5.11 Å². The van der Waals surface area contributed by atoms with Gasteiger partial charge in [-0.1, -0.05) is 12.1 Å². The molecule has 30 heavy (non-hydrogen) atoms. The van der Waals surface area contributed by atoms with Crippen molar-refractivity contribution in [1.29, 1.82) is 0 Å². The van der Waals surface area contributed by atoms with E-state index in [0.29, 0.717) is 42.2 Å². The zero-order valence-electron chi connectivity index (χ0n) is 15.9. The quantitative estimate of drug-likeness (QED) is 0.563. The third-order valence-electron chi connectivity index (χ3n) is 4.97. The molecule has 0 spiro atoms. The minimum absolute atomic E-state index is 0.102. The summed E-state index contributed by atoms with van der Waals surface area (Å²) in [5.41, 5.74) is 1.07. The van der Waals surface area contributed by atoms with Crippen molar-refractivity contribution in [2.24, 2.45) is 0 Å². The van der Waals surface area contributed by atoms with E-state index in [0.717, 1.165) is 5.69 Å². The van der Waals surface area contributed by atoms with Crippen molar-refractivity contribution in [1.82, 2.24) is 24.6 Å². The molecule has 4 heterocycles. The average molecular weight is 471 g/mol. The van der Waals surface area contributed by atoms with Crippen LogP contribution in [0.5, 0.6) is 0 Å². The molecule has 154 valence electrons. The second-order valence-corrected chi connectivity index (χ2v) is 7.71. The molecule has 0 aromatic carbocycles. The van der Waals surface area contributed by atoms with Crippen molar-refractivity contribution < 1.29 is 14.7 Å². The number of carbonyl (C=O) groups is 2. The van der Waals surface area contributed by atoms with E-state index in [-0.39, 0.29) is 17.5 Å². The van der Waals surface area contributed by atoms with Gasteiger partial charge in [-0.05, 0) is 53.0 Å². The van der Waals surface area contributed by atoms with Gasteiger partial charge in [0.15, 0.2) is 5.82 Å². The normalized spacial score (nSPS) is 14.5. The molecule has 0 saturated carbocycles. The lowest BCUT2D eigenvalue weighted by Crippen LogP contribution is -2.36. The number of piperidine rings is 1. The van der Waals surface area contributed by atoms with Crippen LogP contribution in [0.3, 0.4) is 0 Å². The molecule has 0 radical (unpaired) electrons. The Hall–Kier alpha value is -3.27. The number of hydrogen-bond donors (Lipinski definition) is 2. The molecule has 0 bridgehead atoms. The molecule has 0 atom stereocenters. The first kappa shape index (κ1) is 20.0. The van der Waals surface area contributed by atoms with E-state index in [1.165, 1.54) is 4.90 Å².